The highest BCUT2D eigenvalue weighted by Crippen LogP contribution is 2.43. The third-order valence-corrected chi connectivity index (χ3v) is 9.17. The molecule has 0 aliphatic carbocycles. The van der Waals surface area contributed by atoms with E-state index in [1.165, 1.54) is 18.9 Å². The highest BCUT2D eigenvalue weighted by atomic mass is 32.2. The lowest BCUT2D eigenvalue weighted by molar-refractivity contribution is -0.122. The van der Waals surface area contributed by atoms with E-state index in [1.54, 1.807) is 67.2 Å². The normalized spacial score (nSPS) is 11.5. The third-order valence-electron chi connectivity index (χ3n) is 8.15. The standard InChI is InChI=1S/C38H36N6O6S/c1-22-13-18-31(23(2)19-22)50-24(3)36(46)40-30-11-8-9-27-34(30)33(20-28(35(27)45)37(47)39-29-10-6-7-12-32(29)49-5)51-38-41-42-43-44(38)21-25-14-16-26(48-4)17-15-25/h6-20,24,45H,21H2,1-5H3,(H,39,47)(H,40,46). The number of para-hydroxylation sites is 2. The summed E-state index contributed by atoms with van der Waals surface area (Å²) in [5.74, 6) is 0.548. The molecule has 0 aliphatic rings. The van der Waals surface area contributed by atoms with Crippen molar-refractivity contribution in [2.24, 2.45) is 0 Å². The number of amides is 2. The number of aryl methyl sites for hydroxylation is 2. The van der Waals surface area contributed by atoms with Crippen LogP contribution in [0, 0.1) is 13.8 Å². The molecule has 1 heterocycles. The fourth-order valence-electron chi connectivity index (χ4n) is 5.51. The van der Waals surface area contributed by atoms with Gasteiger partial charge in [0.15, 0.2) is 6.10 Å². The monoisotopic (exact) mass is 704 g/mol. The highest BCUT2D eigenvalue weighted by molar-refractivity contribution is 7.99. The van der Waals surface area contributed by atoms with E-state index in [1.807, 2.05) is 56.3 Å². The molecule has 6 rings (SSSR count). The van der Waals surface area contributed by atoms with Crippen LogP contribution >= 0.6 is 11.8 Å². The van der Waals surface area contributed by atoms with Crippen molar-refractivity contribution in [2.75, 3.05) is 24.9 Å². The zero-order valence-electron chi connectivity index (χ0n) is 28.6. The van der Waals surface area contributed by atoms with Gasteiger partial charge < -0.3 is 30.0 Å². The van der Waals surface area contributed by atoms with Gasteiger partial charge in [-0.3, -0.25) is 9.59 Å². The molecule has 0 fully saturated rings. The lowest BCUT2D eigenvalue weighted by Crippen LogP contribution is -2.30. The molecule has 51 heavy (non-hydrogen) atoms. The van der Waals surface area contributed by atoms with Gasteiger partial charge in [0.25, 0.3) is 11.8 Å². The number of aromatic hydroxyl groups is 1. The van der Waals surface area contributed by atoms with Crippen molar-refractivity contribution < 1.29 is 28.9 Å². The Morgan fingerprint density at radius 2 is 1.65 bits per heavy atom. The van der Waals surface area contributed by atoms with E-state index in [4.69, 9.17) is 14.2 Å². The second-order valence-electron chi connectivity index (χ2n) is 11.7. The number of phenolic OH excluding ortho intramolecular Hbond substituents is 1. The summed E-state index contributed by atoms with van der Waals surface area (Å²) in [7, 11) is 3.11. The maximum Gasteiger partial charge on any atom is 0.265 e. The van der Waals surface area contributed by atoms with Crippen molar-refractivity contribution in [3.63, 3.8) is 0 Å². The summed E-state index contributed by atoms with van der Waals surface area (Å²) >= 11 is 1.19. The first kappa shape index (κ1) is 34.8. The number of aromatic nitrogens is 4. The molecule has 0 aliphatic heterocycles. The Morgan fingerprint density at radius 3 is 2.39 bits per heavy atom. The molecule has 3 N–H and O–H groups in total. The van der Waals surface area contributed by atoms with Crippen LogP contribution in [0.3, 0.4) is 0 Å². The molecule has 6 aromatic rings. The number of ether oxygens (including phenoxy) is 3. The van der Waals surface area contributed by atoms with E-state index in [2.05, 4.69) is 26.2 Å². The van der Waals surface area contributed by atoms with Crippen molar-refractivity contribution in [1.29, 1.82) is 0 Å². The zero-order chi connectivity index (χ0) is 36.1. The fraction of sp³-hybridized carbons (Fsp3) is 0.184. The molecule has 1 aromatic heterocycles. The zero-order valence-corrected chi connectivity index (χ0v) is 29.4. The van der Waals surface area contributed by atoms with Gasteiger partial charge in [0.1, 0.15) is 23.0 Å². The lowest BCUT2D eigenvalue weighted by Gasteiger charge is -2.19. The van der Waals surface area contributed by atoms with E-state index in [0.717, 1.165) is 22.4 Å². The van der Waals surface area contributed by atoms with Crippen LogP contribution in [0.4, 0.5) is 11.4 Å². The number of nitrogens with one attached hydrogen (secondary N) is 2. The molecular weight excluding hydrogens is 669 g/mol. The average molecular weight is 705 g/mol. The number of phenols is 1. The quantitative estimate of drug-likeness (QED) is 0.121. The number of methoxy groups -OCH3 is 2. The summed E-state index contributed by atoms with van der Waals surface area (Å²) in [6.07, 6.45) is -0.853. The van der Waals surface area contributed by atoms with E-state index >= 15 is 0 Å². The maximum atomic E-state index is 13.8. The number of tetrazole rings is 1. The van der Waals surface area contributed by atoms with Crippen LogP contribution in [0.25, 0.3) is 10.8 Å². The number of fused-ring (bicyclic) bond motifs is 1. The second-order valence-corrected chi connectivity index (χ2v) is 12.8. The van der Waals surface area contributed by atoms with Crippen molar-refractivity contribution >= 4 is 45.7 Å². The van der Waals surface area contributed by atoms with Gasteiger partial charge in [-0.25, -0.2) is 4.68 Å². The smallest absolute Gasteiger partial charge is 0.265 e. The minimum Gasteiger partial charge on any atom is -0.506 e. The number of anilines is 2. The summed E-state index contributed by atoms with van der Waals surface area (Å²) in [5, 5.41) is 31.0. The maximum absolute atomic E-state index is 13.8. The molecule has 12 nitrogen and oxygen atoms in total. The number of nitrogens with zero attached hydrogens (tertiary/aromatic N) is 4. The van der Waals surface area contributed by atoms with Crippen molar-refractivity contribution in [3.05, 3.63) is 113 Å². The number of rotatable bonds is 12. The minimum absolute atomic E-state index is 0.000101. The van der Waals surface area contributed by atoms with Crippen LogP contribution in [0.15, 0.2) is 101 Å². The van der Waals surface area contributed by atoms with Gasteiger partial charge in [-0.15, -0.1) is 5.10 Å². The largest absolute Gasteiger partial charge is 0.506 e. The van der Waals surface area contributed by atoms with Crippen LogP contribution < -0.4 is 24.8 Å². The van der Waals surface area contributed by atoms with E-state index < -0.39 is 17.9 Å². The summed E-state index contributed by atoms with van der Waals surface area (Å²) in [4.78, 5) is 27.8. The predicted octanol–water partition coefficient (Wildman–Crippen LogP) is 7.02. The number of hydrogen-bond acceptors (Lipinski definition) is 10. The Morgan fingerprint density at radius 1 is 0.882 bits per heavy atom. The first-order valence-electron chi connectivity index (χ1n) is 16.0. The molecule has 2 amide bonds. The van der Waals surface area contributed by atoms with Gasteiger partial charge in [-0.05, 0) is 96.6 Å². The van der Waals surface area contributed by atoms with Crippen molar-refractivity contribution in [2.45, 2.75) is 43.5 Å². The average Bonchev–Trinajstić information content (AvgIpc) is 3.56. The summed E-state index contributed by atoms with van der Waals surface area (Å²) in [6.45, 7) is 5.94. The first-order chi connectivity index (χ1) is 24.6. The van der Waals surface area contributed by atoms with Gasteiger partial charge in [0, 0.05) is 21.4 Å². The molecule has 260 valence electrons. The van der Waals surface area contributed by atoms with Gasteiger partial charge >= 0.3 is 0 Å². The Labute approximate surface area is 298 Å². The third kappa shape index (κ3) is 7.73. The van der Waals surface area contributed by atoms with Crippen LogP contribution in [0.2, 0.25) is 0 Å². The summed E-state index contributed by atoms with van der Waals surface area (Å²) in [6, 6.07) is 26.9. The summed E-state index contributed by atoms with van der Waals surface area (Å²) in [5.41, 5.74) is 3.76. The van der Waals surface area contributed by atoms with Crippen LogP contribution in [-0.2, 0) is 11.3 Å². The Balaban J connectivity index is 1.39. The topological polar surface area (TPSA) is 150 Å². The van der Waals surface area contributed by atoms with E-state index in [9.17, 15) is 14.7 Å². The van der Waals surface area contributed by atoms with E-state index in [-0.39, 0.29) is 11.3 Å². The van der Waals surface area contributed by atoms with Crippen LogP contribution in [-0.4, -0.2) is 57.5 Å². The molecule has 1 atom stereocenters. The molecule has 5 aromatic carbocycles. The Bertz CT molecular complexity index is 2220. The minimum atomic E-state index is -0.853. The first-order valence-corrected chi connectivity index (χ1v) is 16.8. The number of benzene rings is 5. The van der Waals surface area contributed by atoms with Crippen molar-refractivity contribution in [1.82, 2.24) is 20.2 Å². The second kappa shape index (κ2) is 15.2. The van der Waals surface area contributed by atoms with Crippen LogP contribution in [0.1, 0.15) is 34.0 Å². The Kier molecular flexibility index (Phi) is 10.4. The summed E-state index contributed by atoms with van der Waals surface area (Å²) < 4.78 is 18.3. The molecule has 13 heteroatoms. The van der Waals surface area contributed by atoms with Gasteiger partial charge in [0.05, 0.1) is 32.0 Å². The Hall–Kier alpha value is -6.08. The SMILES string of the molecule is COc1ccc(Cn2nnnc2Sc2cc(C(=O)Nc3ccccc3OC)c(O)c3cccc(NC(=O)C(C)Oc4ccc(C)cc4C)c23)cc1. The molecular formula is C38H36N6O6S. The molecule has 1 unspecified atom stereocenters. The van der Waals surface area contributed by atoms with Crippen molar-refractivity contribution in [3.8, 4) is 23.0 Å². The number of hydrogen-bond donors (Lipinski definition) is 3. The number of carbonyl (C=O) groups excluding carboxylic acids is 2. The van der Waals surface area contributed by atoms with Gasteiger partial charge in [-0.2, -0.15) is 0 Å². The number of carbonyl (C=O) groups is 2. The van der Waals surface area contributed by atoms with Gasteiger partial charge in [-0.1, -0.05) is 54.1 Å². The molecule has 0 radical (unpaired) electrons. The molecule has 0 bridgehead atoms. The lowest BCUT2D eigenvalue weighted by atomic mass is 10.0. The van der Waals surface area contributed by atoms with Crippen LogP contribution in [0.5, 0.6) is 23.0 Å². The fourth-order valence-corrected chi connectivity index (χ4v) is 6.49. The van der Waals surface area contributed by atoms with Gasteiger partial charge in [0.2, 0.25) is 5.16 Å². The van der Waals surface area contributed by atoms with E-state index in [0.29, 0.717) is 50.2 Å². The molecule has 0 saturated heterocycles. The highest BCUT2D eigenvalue weighted by Gasteiger charge is 2.24. The predicted molar refractivity (Wildman–Crippen MR) is 195 cm³/mol. The molecule has 0 spiro atoms. The molecule has 0 saturated carbocycles.